The zero-order valence-corrected chi connectivity index (χ0v) is 14.8. The molecular weight excluding hydrogens is 299 g/mol. The third kappa shape index (κ3) is 4.73. The minimum absolute atomic E-state index is 0.0504. The first kappa shape index (κ1) is 18.5. The van der Waals surface area contributed by atoms with E-state index < -0.39 is 6.49 Å². The summed E-state index contributed by atoms with van der Waals surface area (Å²) in [6, 6.07) is 0. The standard InChI is InChI=1S/C13H27O5PS/c1-8(2)17-13-11(18-10(5)12(13)15-6)7-16-19(14,20)9(3)4/h8-13H,7H2,1-6H3,(H,14,20)/p-1. The third-order valence-electron chi connectivity index (χ3n) is 3.29. The average Bonchev–Trinajstić information content (AvgIpc) is 2.61. The van der Waals surface area contributed by atoms with Crippen LogP contribution in [-0.2, 0) is 30.5 Å². The van der Waals surface area contributed by atoms with Crippen molar-refractivity contribution in [1.82, 2.24) is 0 Å². The second-order valence-electron chi connectivity index (χ2n) is 5.66. The quantitative estimate of drug-likeness (QED) is 0.664. The number of methoxy groups -OCH3 is 1. The Morgan fingerprint density at radius 3 is 2.30 bits per heavy atom. The zero-order valence-electron chi connectivity index (χ0n) is 13.1. The van der Waals surface area contributed by atoms with Gasteiger partial charge in [0.05, 0.1) is 18.8 Å². The van der Waals surface area contributed by atoms with Gasteiger partial charge in [-0.2, -0.15) is 0 Å². The van der Waals surface area contributed by atoms with Crippen LogP contribution in [0.2, 0.25) is 0 Å². The van der Waals surface area contributed by atoms with Gasteiger partial charge < -0.3 is 23.6 Å². The lowest BCUT2D eigenvalue weighted by atomic mass is 10.1. The van der Waals surface area contributed by atoms with Gasteiger partial charge in [0.1, 0.15) is 18.3 Å². The van der Waals surface area contributed by atoms with Crippen LogP contribution in [0, 0.1) is 0 Å². The summed E-state index contributed by atoms with van der Waals surface area (Å²) in [5, 5.41) is 0. The van der Waals surface area contributed by atoms with Gasteiger partial charge in [-0.3, -0.25) is 0 Å². The maximum atomic E-state index is 12.1. The van der Waals surface area contributed by atoms with Gasteiger partial charge in [-0.25, -0.2) is 0 Å². The SMILES string of the molecule is COC1C(C)OC(COP([O-])(=S)C(C)C)C1OC(C)C. The van der Waals surface area contributed by atoms with Crippen molar-refractivity contribution in [3.05, 3.63) is 0 Å². The molecule has 0 aromatic carbocycles. The molecule has 7 heteroatoms. The van der Waals surface area contributed by atoms with Crippen LogP contribution in [0.1, 0.15) is 34.6 Å². The molecule has 0 aromatic rings. The highest BCUT2D eigenvalue weighted by Gasteiger charge is 2.44. The van der Waals surface area contributed by atoms with Crippen molar-refractivity contribution in [2.24, 2.45) is 0 Å². The van der Waals surface area contributed by atoms with Gasteiger partial charge in [0.2, 0.25) is 0 Å². The van der Waals surface area contributed by atoms with Crippen LogP contribution in [0.25, 0.3) is 0 Å². The molecule has 5 unspecified atom stereocenters. The van der Waals surface area contributed by atoms with Crippen molar-refractivity contribution in [3.8, 4) is 0 Å². The normalized spacial score (nSPS) is 33.9. The monoisotopic (exact) mass is 325 g/mol. The van der Waals surface area contributed by atoms with Gasteiger partial charge in [-0.05, 0) is 32.9 Å². The molecule has 1 fully saturated rings. The largest absolute Gasteiger partial charge is 0.800 e. The maximum Gasteiger partial charge on any atom is 0.115 e. The Balaban J connectivity index is 2.69. The Hall–Kier alpha value is 0.450. The van der Waals surface area contributed by atoms with Crippen LogP contribution in [0.15, 0.2) is 0 Å². The van der Waals surface area contributed by atoms with E-state index in [1.165, 1.54) is 0 Å². The van der Waals surface area contributed by atoms with Crippen molar-refractivity contribution >= 4 is 18.3 Å². The first-order valence-corrected chi connectivity index (χ1v) is 9.68. The van der Waals surface area contributed by atoms with E-state index in [0.29, 0.717) is 0 Å². The van der Waals surface area contributed by atoms with Crippen LogP contribution in [0.4, 0.5) is 0 Å². The van der Waals surface area contributed by atoms with E-state index in [0.717, 1.165) is 0 Å². The maximum absolute atomic E-state index is 12.1. The summed E-state index contributed by atoms with van der Waals surface area (Å²) in [4.78, 5) is 12.1. The minimum atomic E-state index is -3.02. The van der Waals surface area contributed by atoms with Gasteiger partial charge in [-0.1, -0.05) is 25.7 Å². The molecule has 1 rings (SSSR count). The molecule has 0 N–H and O–H groups in total. The average molecular weight is 325 g/mol. The molecule has 0 spiro atoms. The molecular formula is C13H26O5PS-. The summed E-state index contributed by atoms with van der Waals surface area (Å²) >= 11 is 5.02. The van der Waals surface area contributed by atoms with Crippen LogP contribution < -0.4 is 4.89 Å². The van der Waals surface area contributed by atoms with Gasteiger partial charge >= 0.3 is 0 Å². The van der Waals surface area contributed by atoms with E-state index in [4.69, 9.17) is 30.5 Å². The van der Waals surface area contributed by atoms with Crippen LogP contribution in [0.5, 0.6) is 0 Å². The zero-order chi connectivity index (χ0) is 15.5. The predicted octanol–water partition coefficient (Wildman–Crippen LogP) is 1.68. The first-order valence-electron chi connectivity index (χ1n) is 6.98. The smallest absolute Gasteiger partial charge is 0.115 e. The molecule has 120 valence electrons. The van der Waals surface area contributed by atoms with Crippen molar-refractivity contribution in [3.63, 3.8) is 0 Å². The number of hydrogen-bond acceptors (Lipinski definition) is 6. The first-order chi connectivity index (χ1) is 9.19. The lowest BCUT2D eigenvalue weighted by Crippen LogP contribution is -2.39. The van der Waals surface area contributed by atoms with Crippen molar-refractivity contribution in [2.75, 3.05) is 13.7 Å². The molecule has 1 heterocycles. The molecule has 1 aliphatic rings. The fourth-order valence-electron chi connectivity index (χ4n) is 2.17. The van der Waals surface area contributed by atoms with Crippen LogP contribution in [0.3, 0.4) is 0 Å². The van der Waals surface area contributed by atoms with Crippen molar-refractivity contribution in [1.29, 1.82) is 0 Å². The molecule has 0 saturated carbocycles. The van der Waals surface area contributed by atoms with E-state index in [9.17, 15) is 4.89 Å². The van der Waals surface area contributed by atoms with Gasteiger partial charge in [0.15, 0.2) is 0 Å². The summed E-state index contributed by atoms with van der Waals surface area (Å²) in [7, 11) is 1.64. The lowest BCUT2D eigenvalue weighted by Gasteiger charge is -2.34. The Morgan fingerprint density at radius 1 is 1.25 bits per heavy atom. The molecule has 0 bridgehead atoms. The highest BCUT2D eigenvalue weighted by atomic mass is 32.5. The Bertz CT molecular complexity index is 350. The van der Waals surface area contributed by atoms with E-state index in [2.05, 4.69) is 0 Å². The summed E-state index contributed by atoms with van der Waals surface area (Å²) in [5.41, 5.74) is -0.181. The Kier molecular flexibility index (Phi) is 7.06. The molecule has 1 aliphatic heterocycles. The van der Waals surface area contributed by atoms with E-state index in [1.807, 2.05) is 20.8 Å². The Labute approximate surface area is 127 Å². The van der Waals surface area contributed by atoms with Crippen molar-refractivity contribution in [2.45, 2.75) is 70.8 Å². The topological polar surface area (TPSA) is 60.0 Å². The lowest BCUT2D eigenvalue weighted by molar-refractivity contribution is -0.188. The molecule has 5 nitrogen and oxygen atoms in total. The minimum Gasteiger partial charge on any atom is -0.800 e. The summed E-state index contributed by atoms with van der Waals surface area (Å²) in [5.74, 6) is 0. The Morgan fingerprint density at radius 2 is 1.85 bits per heavy atom. The molecule has 5 atom stereocenters. The van der Waals surface area contributed by atoms with Gasteiger partial charge in [0, 0.05) is 7.11 Å². The molecule has 1 saturated heterocycles. The van der Waals surface area contributed by atoms with E-state index >= 15 is 0 Å². The van der Waals surface area contributed by atoms with E-state index in [1.54, 1.807) is 21.0 Å². The van der Waals surface area contributed by atoms with Crippen LogP contribution >= 0.6 is 6.49 Å². The van der Waals surface area contributed by atoms with Crippen LogP contribution in [-0.4, -0.2) is 49.9 Å². The second-order valence-corrected chi connectivity index (χ2v) is 9.56. The van der Waals surface area contributed by atoms with Gasteiger partial charge in [0.25, 0.3) is 0 Å². The highest BCUT2D eigenvalue weighted by molar-refractivity contribution is 8.09. The molecule has 0 amide bonds. The third-order valence-corrected chi connectivity index (χ3v) is 6.65. The summed E-state index contributed by atoms with van der Waals surface area (Å²) < 4.78 is 22.6. The molecule has 0 aliphatic carbocycles. The van der Waals surface area contributed by atoms with E-state index in [-0.39, 0.29) is 42.8 Å². The van der Waals surface area contributed by atoms with Gasteiger partial charge in [-0.15, -0.1) is 0 Å². The number of hydrogen-bond donors (Lipinski definition) is 0. The highest BCUT2D eigenvalue weighted by Crippen LogP contribution is 2.43. The fourth-order valence-corrected chi connectivity index (χ4v) is 3.01. The fraction of sp³-hybridized carbons (Fsp3) is 1.00. The summed E-state index contributed by atoms with van der Waals surface area (Å²) in [6.45, 7) is 6.59. The predicted molar refractivity (Wildman–Crippen MR) is 80.5 cm³/mol. The number of rotatable bonds is 7. The molecule has 0 aromatic heterocycles. The molecule has 20 heavy (non-hydrogen) atoms. The molecule has 0 radical (unpaired) electrons. The summed E-state index contributed by atoms with van der Waals surface area (Å²) in [6.07, 6.45) is -0.755. The number of ether oxygens (including phenoxy) is 3. The second kappa shape index (κ2) is 7.63. The van der Waals surface area contributed by atoms with Crippen molar-refractivity contribution < 1.29 is 23.6 Å².